The number of hydrogen-bond acceptors (Lipinski definition) is 5. The van der Waals surface area contributed by atoms with Crippen LogP contribution < -0.4 is 9.64 Å². The Morgan fingerprint density at radius 3 is 1.94 bits per heavy atom. The van der Waals surface area contributed by atoms with E-state index in [1.165, 1.54) is 4.90 Å². The maximum absolute atomic E-state index is 13.5. The Morgan fingerprint density at radius 1 is 0.750 bits per heavy atom. The van der Waals surface area contributed by atoms with Crippen LogP contribution in [0.15, 0.2) is 90.5 Å². The van der Waals surface area contributed by atoms with Gasteiger partial charge < -0.3 is 9.64 Å². The second-order valence-electron chi connectivity index (χ2n) is 9.11. The number of piperazine rings is 1. The zero-order valence-electron chi connectivity index (χ0n) is 20.6. The van der Waals surface area contributed by atoms with Gasteiger partial charge in [-0.05, 0) is 28.8 Å². The summed E-state index contributed by atoms with van der Waals surface area (Å²) in [7, 11) is 1.70. The van der Waals surface area contributed by atoms with Gasteiger partial charge in [0.1, 0.15) is 5.75 Å². The Bertz CT molecular complexity index is 1210. The molecule has 0 N–H and O–H groups in total. The number of ether oxygens (including phenoxy) is 1. The highest BCUT2D eigenvalue weighted by Crippen LogP contribution is 2.33. The van der Waals surface area contributed by atoms with E-state index in [1.54, 1.807) is 7.11 Å². The monoisotopic (exact) mass is 481 g/mol. The molecule has 5 rings (SSSR count). The molecule has 2 amide bonds. The summed E-state index contributed by atoms with van der Waals surface area (Å²) >= 11 is 0. The number of methoxy groups -OCH3 is 1. The van der Waals surface area contributed by atoms with E-state index in [4.69, 9.17) is 4.74 Å². The van der Waals surface area contributed by atoms with Crippen LogP contribution in [0.25, 0.3) is 5.57 Å². The van der Waals surface area contributed by atoms with E-state index in [0.717, 1.165) is 54.3 Å². The quantitative estimate of drug-likeness (QED) is 0.376. The fourth-order valence-electron chi connectivity index (χ4n) is 5.09. The average Bonchev–Trinajstić information content (AvgIpc) is 3.21. The van der Waals surface area contributed by atoms with Crippen LogP contribution >= 0.6 is 0 Å². The molecule has 2 fully saturated rings. The minimum atomic E-state index is -0.171. The Morgan fingerprint density at radius 2 is 1.33 bits per heavy atom. The highest BCUT2D eigenvalue weighted by Gasteiger charge is 2.36. The third-order valence-corrected chi connectivity index (χ3v) is 7.00. The predicted octanol–water partition coefficient (Wildman–Crippen LogP) is 4.08. The van der Waals surface area contributed by atoms with Gasteiger partial charge in [-0.3, -0.25) is 19.4 Å². The van der Waals surface area contributed by atoms with Gasteiger partial charge >= 0.3 is 0 Å². The Labute approximate surface area is 212 Å². The first kappa shape index (κ1) is 23.8. The first-order valence-electron chi connectivity index (χ1n) is 12.4. The molecular formula is C30H31N3O3. The van der Waals surface area contributed by atoms with Gasteiger partial charge in [-0.15, -0.1) is 0 Å². The lowest BCUT2D eigenvalue weighted by Crippen LogP contribution is -2.49. The number of anilines is 1. The van der Waals surface area contributed by atoms with Crippen LogP contribution in [0.4, 0.5) is 5.69 Å². The van der Waals surface area contributed by atoms with Crippen LogP contribution in [-0.4, -0.2) is 68.0 Å². The minimum Gasteiger partial charge on any atom is -0.495 e. The van der Waals surface area contributed by atoms with Crippen LogP contribution in [0.3, 0.4) is 0 Å². The number of hydrogen-bond donors (Lipinski definition) is 0. The van der Waals surface area contributed by atoms with Crippen molar-refractivity contribution >= 4 is 23.1 Å². The maximum atomic E-state index is 13.5. The van der Waals surface area contributed by atoms with Crippen molar-refractivity contribution in [1.82, 2.24) is 9.80 Å². The van der Waals surface area contributed by atoms with Gasteiger partial charge in [-0.25, -0.2) is 0 Å². The zero-order valence-corrected chi connectivity index (χ0v) is 20.6. The zero-order chi connectivity index (χ0) is 24.9. The molecule has 3 aromatic rings. The van der Waals surface area contributed by atoms with Crippen molar-refractivity contribution in [2.24, 2.45) is 0 Å². The smallest absolute Gasteiger partial charge is 0.257 e. The van der Waals surface area contributed by atoms with Crippen LogP contribution in [0.5, 0.6) is 5.75 Å². The molecule has 0 radical (unpaired) electrons. The van der Waals surface area contributed by atoms with Gasteiger partial charge in [0.2, 0.25) is 5.91 Å². The highest BCUT2D eigenvalue weighted by molar-refractivity contribution is 6.18. The van der Waals surface area contributed by atoms with Gasteiger partial charge in [0, 0.05) is 44.8 Å². The van der Waals surface area contributed by atoms with Gasteiger partial charge in [0.25, 0.3) is 5.91 Å². The molecule has 0 unspecified atom stereocenters. The van der Waals surface area contributed by atoms with Crippen molar-refractivity contribution in [3.05, 3.63) is 102 Å². The predicted molar refractivity (Wildman–Crippen MR) is 142 cm³/mol. The number of amides is 2. The molecular weight excluding hydrogens is 450 g/mol. The third-order valence-electron chi connectivity index (χ3n) is 7.00. The van der Waals surface area contributed by atoms with E-state index in [-0.39, 0.29) is 18.2 Å². The van der Waals surface area contributed by atoms with Crippen molar-refractivity contribution in [3.8, 4) is 5.75 Å². The molecule has 3 aromatic carbocycles. The molecule has 0 aromatic heterocycles. The normalized spacial score (nSPS) is 16.5. The van der Waals surface area contributed by atoms with E-state index in [1.807, 2.05) is 78.9 Å². The highest BCUT2D eigenvalue weighted by atomic mass is 16.5. The summed E-state index contributed by atoms with van der Waals surface area (Å²) in [5, 5.41) is 0. The van der Waals surface area contributed by atoms with E-state index in [2.05, 4.69) is 15.9 Å². The number of likely N-dealkylation sites (tertiary alicyclic amines) is 1. The lowest BCUT2D eigenvalue weighted by molar-refractivity contribution is -0.137. The molecule has 184 valence electrons. The van der Waals surface area contributed by atoms with Crippen LogP contribution in [0.2, 0.25) is 0 Å². The number of carbonyl (C=O) groups excluding carboxylic acids is 2. The molecule has 0 saturated carbocycles. The van der Waals surface area contributed by atoms with E-state index in [9.17, 15) is 9.59 Å². The molecule has 0 atom stereocenters. The summed E-state index contributed by atoms with van der Waals surface area (Å²) in [6, 6.07) is 27.8. The fraction of sp³-hybridized carbons (Fsp3) is 0.267. The van der Waals surface area contributed by atoms with Crippen LogP contribution in [0.1, 0.15) is 17.5 Å². The van der Waals surface area contributed by atoms with Crippen LogP contribution in [0, 0.1) is 0 Å². The summed E-state index contributed by atoms with van der Waals surface area (Å²) < 4.78 is 5.52. The summed E-state index contributed by atoms with van der Waals surface area (Å²) in [5.41, 5.74) is 4.44. The molecule has 2 aliphatic heterocycles. The molecule has 0 bridgehead atoms. The van der Waals surface area contributed by atoms with Crippen molar-refractivity contribution in [3.63, 3.8) is 0 Å². The molecule has 36 heavy (non-hydrogen) atoms. The number of imide groups is 1. The standard InChI is InChI=1S/C30H31N3O3/c1-36-27-15-9-8-14-26(27)32-19-16-31(17-20-32)18-21-33-28(34)22-25(30(33)35)29(23-10-4-2-5-11-23)24-12-6-3-7-13-24/h2-15H,16-22H2,1H3. The summed E-state index contributed by atoms with van der Waals surface area (Å²) in [6.45, 7) is 4.58. The molecule has 6 heteroatoms. The third kappa shape index (κ3) is 4.90. The molecule has 2 heterocycles. The molecule has 0 spiro atoms. The Balaban J connectivity index is 1.27. The van der Waals surface area contributed by atoms with Crippen molar-refractivity contribution < 1.29 is 14.3 Å². The first-order valence-corrected chi connectivity index (χ1v) is 12.4. The lowest BCUT2D eigenvalue weighted by Gasteiger charge is -2.37. The molecule has 6 nitrogen and oxygen atoms in total. The van der Waals surface area contributed by atoms with Gasteiger partial charge in [0.15, 0.2) is 0 Å². The topological polar surface area (TPSA) is 53.1 Å². The van der Waals surface area contributed by atoms with E-state index in [0.29, 0.717) is 18.7 Å². The average molecular weight is 482 g/mol. The van der Waals surface area contributed by atoms with Gasteiger partial charge in [0.05, 0.1) is 19.2 Å². The number of nitrogens with zero attached hydrogens (tertiary/aromatic N) is 3. The Hall–Kier alpha value is -3.90. The van der Waals surface area contributed by atoms with E-state index >= 15 is 0 Å². The number of carbonyl (C=O) groups is 2. The van der Waals surface area contributed by atoms with Gasteiger partial charge in [-0.1, -0.05) is 72.8 Å². The first-order chi connectivity index (χ1) is 17.7. The lowest BCUT2D eigenvalue weighted by atomic mass is 9.92. The molecule has 2 saturated heterocycles. The number of para-hydroxylation sites is 2. The van der Waals surface area contributed by atoms with Crippen molar-refractivity contribution in [2.75, 3.05) is 51.3 Å². The van der Waals surface area contributed by atoms with Crippen molar-refractivity contribution in [2.45, 2.75) is 6.42 Å². The largest absolute Gasteiger partial charge is 0.495 e. The van der Waals surface area contributed by atoms with E-state index < -0.39 is 0 Å². The fourth-order valence-corrected chi connectivity index (χ4v) is 5.09. The minimum absolute atomic E-state index is 0.118. The molecule has 0 aliphatic carbocycles. The summed E-state index contributed by atoms with van der Waals surface area (Å²) in [6.07, 6.45) is 0.138. The summed E-state index contributed by atoms with van der Waals surface area (Å²) in [4.78, 5) is 32.6. The Kier molecular flexibility index (Phi) is 7.14. The van der Waals surface area contributed by atoms with Gasteiger partial charge in [-0.2, -0.15) is 0 Å². The van der Waals surface area contributed by atoms with Crippen molar-refractivity contribution in [1.29, 1.82) is 0 Å². The SMILES string of the molecule is COc1ccccc1N1CCN(CCN2C(=O)CC(=C(c3ccccc3)c3ccccc3)C2=O)CC1. The number of rotatable bonds is 7. The summed E-state index contributed by atoms with van der Waals surface area (Å²) in [5.74, 6) is 0.591. The van der Waals surface area contributed by atoms with Crippen LogP contribution in [-0.2, 0) is 9.59 Å². The second-order valence-corrected chi connectivity index (χ2v) is 9.11. The number of benzene rings is 3. The maximum Gasteiger partial charge on any atom is 0.257 e. The second kappa shape index (κ2) is 10.8. The molecule has 2 aliphatic rings.